The van der Waals surface area contributed by atoms with Crippen LogP contribution in [0, 0.1) is 0 Å². The normalized spacial score (nSPS) is 21.0. The van der Waals surface area contributed by atoms with Gasteiger partial charge in [-0.2, -0.15) is 0 Å². The standard InChI is InChI=1S/C17H24N2O5/c1-11(16(20)18-17(21)24-4)19-9-5-6-14(19)13-8-7-12(22-2)10-15(13)23-3/h7-8,10-11,14H,5-6,9H2,1-4H3,(H,18,20,21)/p+1/t11-,14+/m0/s1. The Morgan fingerprint density at radius 1 is 1.25 bits per heavy atom. The second-order valence-corrected chi connectivity index (χ2v) is 5.83. The summed E-state index contributed by atoms with van der Waals surface area (Å²) in [7, 11) is 4.47. The van der Waals surface area contributed by atoms with Gasteiger partial charge in [-0.15, -0.1) is 0 Å². The van der Waals surface area contributed by atoms with Crippen molar-refractivity contribution in [1.82, 2.24) is 5.32 Å². The van der Waals surface area contributed by atoms with Crippen LogP contribution >= 0.6 is 0 Å². The van der Waals surface area contributed by atoms with Gasteiger partial charge in [-0.1, -0.05) is 0 Å². The molecule has 0 saturated carbocycles. The molecule has 1 saturated heterocycles. The Morgan fingerprint density at radius 2 is 2.00 bits per heavy atom. The minimum absolute atomic E-state index is 0.129. The molecule has 3 atom stereocenters. The van der Waals surface area contributed by atoms with Crippen LogP contribution < -0.4 is 19.7 Å². The maximum absolute atomic E-state index is 12.2. The molecule has 1 heterocycles. The number of amides is 2. The first-order valence-corrected chi connectivity index (χ1v) is 7.98. The molecular weight excluding hydrogens is 312 g/mol. The largest absolute Gasteiger partial charge is 0.497 e. The Labute approximate surface area is 141 Å². The van der Waals surface area contributed by atoms with Crippen LogP contribution in [-0.4, -0.2) is 45.9 Å². The molecule has 24 heavy (non-hydrogen) atoms. The lowest BCUT2D eigenvalue weighted by molar-refractivity contribution is -0.932. The van der Waals surface area contributed by atoms with Gasteiger partial charge in [0.25, 0.3) is 5.91 Å². The van der Waals surface area contributed by atoms with Crippen molar-refractivity contribution in [2.24, 2.45) is 0 Å². The van der Waals surface area contributed by atoms with Gasteiger partial charge in [-0.05, 0) is 19.1 Å². The Morgan fingerprint density at radius 3 is 2.62 bits per heavy atom. The summed E-state index contributed by atoms with van der Waals surface area (Å²) in [5.74, 6) is 1.14. The van der Waals surface area contributed by atoms with Crippen molar-refractivity contribution in [1.29, 1.82) is 0 Å². The van der Waals surface area contributed by atoms with Crippen LogP contribution in [0.25, 0.3) is 0 Å². The smallest absolute Gasteiger partial charge is 0.413 e. The quantitative estimate of drug-likeness (QED) is 0.827. The van der Waals surface area contributed by atoms with Crippen LogP contribution in [-0.2, 0) is 9.53 Å². The zero-order valence-electron chi connectivity index (χ0n) is 14.5. The van der Waals surface area contributed by atoms with E-state index >= 15 is 0 Å². The summed E-state index contributed by atoms with van der Waals surface area (Å²) >= 11 is 0. The summed E-state index contributed by atoms with van der Waals surface area (Å²) in [5, 5.41) is 2.25. The van der Waals surface area contributed by atoms with E-state index in [1.54, 1.807) is 14.2 Å². The summed E-state index contributed by atoms with van der Waals surface area (Å²) in [6, 6.07) is 5.49. The van der Waals surface area contributed by atoms with Crippen LogP contribution in [0.2, 0.25) is 0 Å². The summed E-state index contributed by atoms with van der Waals surface area (Å²) in [6.45, 7) is 2.68. The highest BCUT2D eigenvalue weighted by molar-refractivity contribution is 5.93. The zero-order valence-corrected chi connectivity index (χ0v) is 14.5. The Kier molecular flexibility index (Phi) is 6.03. The summed E-state index contributed by atoms with van der Waals surface area (Å²) < 4.78 is 15.2. The summed E-state index contributed by atoms with van der Waals surface area (Å²) in [4.78, 5) is 24.6. The van der Waals surface area contributed by atoms with Gasteiger partial charge >= 0.3 is 6.09 Å². The molecule has 0 radical (unpaired) electrons. The summed E-state index contributed by atoms with van der Waals surface area (Å²) in [5.41, 5.74) is 1.04. The highest BCUT2D eigenvalue weighted by Crippen LogP contribution is 2.31. The van der Waals surface area contributed by atoms with Crippen LogP contribution in [0.4, 0.5) is 4.79 Å². The number of likely N-dealkylation sites (tertiary alicyclic amines) is 1. The Hall–Kier alpha value is -2.28. The first-order valence-electron chi connectivity index (χ1n) is 7.98. The lowest BCUT2D eigenvalue weighted by atomic mass is 10.0. The third kappa shape index (κ3) is 3.79. The fraction of sp³-hybridized carbons (Fsp3) is 0.529. The van der Waals surface area contributed by atoms with Crippen molar-refractivity contribution >= 4 is 12.0 Å². The maximum Gasteiger partial charge on any atom is 0.413 e. The molecule has 1 unspecified atom stereocenters. The molecule has 7 nitrogen and oxygen atoms in total. The van der Waals surface area contributed by atoms with Gasteiger partial charge in [0.2, 0.25) is 0 Å². The van der Waals surface area contributed by atoms with Gasteiger partial charge in [0.15, 0.2) is 6.04 Å². The van der Waals surface area contributed by atoms with Gasteiger partial charge in [-0.3, -0.25) is 10.1 Å². The van der Waals surface area contributed by atoms with Crippen molar-refractivity contribution in [3.05, 3.63) is 23.8 Å². The zero-order chi connectivity index (χ0) is 17.7. The van der Waals surface area contributed by atoms with E-state index < -0.39 is 6.09 Å². The Bertz CT molecular complexity index is 605. The number of alkyl carbamates (subject to hydrolysis) is 1. The number of carbonyl (C=O) groups excluding carboxylic acids is 2. The maximum atomic E-state index is 12.2. The third-order valence-corrected chi connectivity index (χ3v) is 4.58. The van der Waals surface area contributed by atoms with Gasteiger partial charge in [0.1, 0.15) is 17.5 Å². The van der Waals surface area contributed by atoms with E-state index in [1.165, 1.54) is 7.11 Å². The van der Waals surface area contributed by atoms with E-state index in [-0.39, 0.29) is 18.0 Å². The molecule has 1 fully saturated rings. The average molecular weight is 337 g/mol. The van der Waals surface area contributed by atoms with Crippen molar-refractivity contribution in [2.45, 2.75) is 31.8 Å². The van der Waals surface area contributed by atoms with Crippen molar-refractivity contribution in [3.63, 3.8) is 0 Å². The fourth-order valence-corrected chi connectivity index (χ4v) is 3.28. The second-order valence-electron chi connectivity index (χ2n) is 5.83. The van der Waals surface area contributed by atoms with E-state index in [0.717, 1.165) is 41.3 Å². The molecule has 7 heteroatoms. The average Bonchev–Trinajstić information content (AvgIpc) is 3.09. The van der Waals surface area contributed by atoms with Crippen LogP contribution in [0.15, 0.2) is 18.2 Å². The number of nitrogens with one attached hydrogen (secondary N) is 2. The number of hydrogen-bond donors (Lipinski definition) is 2. The highest BCUT2D eigenvalue weighted by Gasteiger charge is 2.39. The predicted octanol–water partition coefficient (Wildman–Crippen LogP) is 0.695. The van der Waals surface area contributed by atoms with Crippen LogP contribution in [0.1, 0.15) is 31.4 Å². The molecular formula is C17H25N2O5+. The van der Waals surface area contributed by atoms with Gasteiger partial charge in [0, 0.05) is 18.9 Å². The minimum atomic E-state index is -0.732. The van der Waals surface area contributed by atoms with Gasteiger partial charge < -0.3 is 19.1 Å². The van der Waals surface area contributed by atoms with E-state index in [9.17, 15) is 9.59 Å². The lowest BCUT2D eigenvalue weighted by Crippen LogP contribution is -3.15. The molecule has 1 aromatic rings. The molecule has 1 aliphatic heterocycles. The first kappa shape index (κ1) is 18.1. The third-order valence-electron chi connectivity index (χ3n) is 4.58. The van der Waals surface area contributed by atoms with E-state index in [1.807, 2.05) is 25.1 Å². The van der Waals surface area contributed by atoms with E-state index in [4.69, 9.17) is 9.47 Å². The molecule has 0 aliphatic carbocycles. The lowest BCUT2D eigenvalue weighted by Gasteiger charge is -2.27. The highest BCUT2D eigenvalue weighted by atomic mass is 16.5. The van der Waals surface area contributed by atoms with Crippen LogP contribution in [0.3, 0.4) is 0 Å². The molecule has 2 rings (SSSR count). The van der Waals surface area contributed by atoms with Crippen molar-refractivity contribution in [2.75, 3.05) is 27.9 Å². The van der Waals surface area contributed by atoms with Gasteiger partial charge in [-0.25, -0.2) is 4.79 Å². The number of hydrogen-bond acceptors (Lipinski definition) is 5. The number of quaternary nitrogens is 1. The number of methoxy groups -OCH3 is 3. The number of carbonyl (C=O) groups is 2. The van der Waals surface area contributed by atoms with E-state index in [0.29, 0.717) is 0 Å². The number of benzene rings is 1. The SMILES string of the molecule is COC(=O)NC(=O)[C@H](C)[NH+]1CCC[C@@H]1c1ccc(OC)cc1OC. The van der Waals surface area contributed by atoms with E-state index in [2.05, 4.69) is 10.1 Å². The minimum Gasteiger partial charge on any atom is -0.497 e. The van der Waals surface area contributed by atoms with Crippen molar-refractivity contribution < 1.29 is 28.7 Å². The topological polar surface area (TPSA) is 78.3 Å². The number of imide groups is 1. The predicted molar refractivity (Wildman–Crippen MR) is 87.4 cm³/mol. The fourth-order valence-electron chi connectivity index (χ4n) is 3.28. The first-order chi connectivity index (χ1) is 11.5. The van der Waals surface area contributed by atoms with Gasteiger partial charge in [0.05, 0.1) is 33.4 Å². The molecule has 132 valence electrons. The molecule has 2 N–H and O–H groups in total. The van der Waals surface area contributed by atoms with Crippen LogP contribution in [0.5, 0.6) is 11.5 Å². The molecule has 0 spiro atoms. The molecule has 0 aromatic heterocycles. The second kappa shape index (κ2) is 8.01. The number of ether oxygens (including phenoxy) is 3. The molecule has 2 amide bonds. The number of rotatable bonds is 5. The Balaban J connectivity index is 2.21. The molecule has 1 aliphatic rings. The molecule has 0 bridgehead atoms. The van der Waals surface area contributed by atoms with Crippen molar-refractivity contribution in [3.8, 4) is 11.5 Å². The molecule has 1 aromatic carbocycles. The monoisotopic (exact) mass is 337 g/mol. The summed E-state index contributed by atoms with van der Waals surface area (Å²) in [6.07, 6.45) is 1.22.